The molecule has 4 aromatic rings. The summed E-state index contributed by atoms with van der Waals surface area (Å²) in [6.45, 7) is 8.00. The van der Waals surface area contributed by atoms with Crippen LogP contribution in [-0.2, 0) is 19.4 Å². The fraction of sp³-hybridized carbons (Fsp3) is 0.346. The summed E-state index contributed by atoms with van der Waals surface area (Å²) >= 11 is 0. The normalized spacial score (nSPS) is 14.6. The Morgan fingerprint density at radius 1 is 1.26 bits per heavy atom. The molecule has 0 N–H and O–H groups in total. The number of rotatable bonds is 5. The Hall–Kier alpha value is -3.68. The zero-order chi connectivity index (χ0) is 24.0. The highest BCUT2D eigenvalue weighted by molar-refractivity contribution is 5.90. The number of benzene rings is 2. The topological polar surface area (TPSA) is 79.4 Å². The van der Waals surface area contributed by atoms with Crippen molar-refractivity contribution >= 4 is 11.0 Å². The van der Waals surface area contributed by atoms with Crippen molar-refractivity contribution in [1.82, 2.24) is 15.0 Å². The van der Waals surface area contributed by atoms with Gasteiger partial charge in [0.1, 0.15) is 23.7 Å². The van der Waals surface area contributed by atoms with E-state index in [1.165, 1.54) is 16.8 Å². The van der Waals surface area contributed by atoms with Crippen molar-refractivity contribution in [3.8, 4) is 17.2 Å². The second-order valence-electron chi connectivity index (χ2n) is 9.20. The first-order chi connectivity index (χ1) is 16.3. The SMILES string of the molecule is CCc1c(C)c2cc3c(c(OCc4cn(-c5cccc(F)c5)nn4)c2oc1=O)OC(C)(C)CC3. The summed E-state index contributed by atoms with van der Waals surface area (Å²) < 4.78 is 33.3. The molecule has 34 heavy (non-hydrogen) atoms. The van der Waals surface area contributed by atoms with Gasteiger partial charge in [0.2, 0.25) is 5.75 Å². The third-order valence-electron chi connectivity index (χ3n) is 6.27. The largest absolute Gasteiger partial charge is 0.484 e. The summed E-state index contributed by atoms with van der Waals surface area (Å²) in [4.78, 5) is 12.7. The van der Waals surface area contributed by atoms with Crippen LogP contribution in [-0.4, -0.2) is 20.6 Å². The minimum atomic E-state index is -0.377. The van der Waals surface area contributed by atoms with E-state index >= 15 is 0 Å². The number of aromatic nitrogens is 3. The molecule has 0 saturated heterocycles. The maximum atomic E-state index is 13.6. The average Bonchev–Trinajstić information content (AvgIpc) is 3.26. The maximum absolute atomic E-state index is 13.6. The van der Waals surface area contributed by atoms with Gasteiger partial charge in [-0.25, -0.2) is 13.9 Å². The summed E-state index contributed by atoms with van der Waals surface area (Å²) in [6.07, 6.45) is 3.95. The summed E-state index contributed by atoms with van der Waals surface area (Å²) in [6, 6.07) is 8.14. The van der Waals surface area contributed by atoms with Gasteiger partial charge >= 0.3 is 5.63 Å². The summed E-state index contributed by atoms with van der Waals surface area (Å²) in [5.41, 5.74) is 3.28. The van der Waals surface area contributed by atoms with Crippen LogP contribution >= 0.6 is 0 Å². The molecule has 3 heterocycles. The Morgan fingerprint density at radius 2 is 2.09 bits per heavy atom. The molecule has 0 spiro atoms. The van der Waals surface area contributed by atoms with Gasteiger partial charge in [0.05, 0.1) is 11.9 Å². The van der Waals surface area contributed by atoms with E-state index in [1.54, 1.807) is 18.3 Å². The van der Waals surface area contributed by atoms with Crippen LogP contribution in [0, 0.1) is 12.7 Å². The summed E-state index contributed by atoms with van der Waals surface area (Å²) in [5, 5.41) is 9.08. The van der Waals surface area contributed by atoms with Crippen LogP contribution < -0.4 is 15.1 Å². The first-order valence-electron chi connectivity index (χ1n) is 11.4. The van der Waals surface area contributed by atoms with E-state index < -0.39 is 0 Å². The van der Waals surface area contributed by atoms with Gasteiger partial charge in [-0.05, 0) is 75.4 Å². The van der Waals surface area contributed by atoms with Gasteiger partial charge in [-0.1, -0.05) is 18.2 Å². The number of hydrogen-bond donors (Lipinski definition) is 0. The van der Waals surface area contributed by atoms with Gasteiger partial charge in [-0.2, -0.15) is 0 Å². The Morgan fingerprint density at radius 3 is 2.85 bits per heavy atom. The van der Waals surface area contributed by atoms with E-state index in [4.69, 9.17) is 13.9 Å². The standard InChI is InChI=1S/C26H26FN3O4/c1-5-20-15(2)21-11-16-9-10-26(3,4)34-22(16)24(23(21)33-25(20)31)32-14-18-13-30(29-28-18)19-8-6-7-17(27)12-19/h6-8,11-13H,5,9-10,14H2,1-4H3. The van der Waals surface area contributed by atoms with Crippen LogP contribution in [0.3, 0.4) is 0 Å². The second-order valence-corrected chi connectivity index (χ2v) is 9.20. The molecular weight excluding hydrogens is 437 g/mol. The van der Waals surface area contributed by atoms with Crippen LogP contribution in [0.1, 0.15) is 49.6 Å². The Kier molecular flexibility index (Phi) is 5.38. The van der Waals surface area contributed by atoms with E-state index in [-0.39, 0.29) is 23.7 Å². The highest BCUT2D eigenvalue weighted by Gasteiger charge is 2.32. The Labute approximate surface area is 196 Å². The van der Waals surface area contributed by atoms with Crippen molar-refractivity contribution in [3.63, 3.8) is 0 Å². The molecule has 8 heteroatoms. The number of nitrogens with zero attached hydrogens (tertiary/aromatic N) is 3. The predicted octanol–water partition coefficient (Wildman–Crippen LogP) is 5.07. The molecule has 176 valence electrons. The fourth-order valence-corrected chi connectivity index (χ4v) is 4.38. The average molecular weight is 464 g/mol. The van der Waals surface area contributed by atoms with Gasteiger partial charge in [0.15, 0.2) is 11.3 Å². The molecule has 0 saturated carbocycles. The molecule has 0 amide bonds. The minimum absolute atomic E-state index is 0.0724. The van der Waals surface area contributed by atoms with Crippen molar-refractivity contribution in [3.05, 3.63) is 75.2 Å². The fourth-order valence-electron chi connectivity index (χ4n) is 4.38. The van der Waals surface area contributed by atoms with Crippen LogP contribution in [0.15, 0.2) is 45.7 Å². The number of ether oxygens (including phenoxy) is 2. The van der Waals surface area contributed by atoms with E-state index in [1.807, 2.05) is 33.8 Å². The van der Waals surface area contributed by atoms with E-state index in [2.05, 4.69) is 10.3 Å². The lowest BCUT2D eigenvalue weighted by atomic mass is 9.92. The van der Waals surface area contributed by atoms with E-state index in [0.29, 0.717) is 40.4 Å². The quantitative estimate of drug-likeness (QED) is 0.385. The van der Waals surface area contributed by atoms with Gasteiger partial charge in [0.25, 0.3) is 0 Å². The molecular formula is C26H26FN3O4. The molecule has 2 aromatic carbocycles. The first-order valence-corrected chi connectivity index (χ1v) is 11.4. The zero-order valence-corrected chi connectivity index (χ0v) is 19.6. The van der Waals surface area contributed by atoms with Crippen LogP contribution in [0.2, 0.25) is 0 Å². The molecule has 0 bridgehead atoms. The van der Waals surface area contributed by atoms with Crippen molar-refractivity contribution < 1.29 is 18.3 Å². The molecule has 0 unspecified atom stereocenters. The van der Waals surface area contributed by atoms with Crippen molar-refractivity contribution in [2.45, 2.75) is 59.2 Å². The highest BCUT2D eigenvalue weighted by atomic mass is 19.1. The molecule has 0 fully saturated rings. The number of hydrogen-bond acceptors (Lipinski definition) is 6. The van der Waals surface area contributed by atoms with E-state index in [0.717, 1.165) is 29.4 Å². The van der Waals surface area contributed by atoms with Crippen molar-refractivity contribution in [1.29, 1.82) is 0 Å². The van der Waals surface area contributed by atoms with Gasteiger partial charge < -0.3 is 13.9 Å². The second kappa shape index (κ2) is 8.27. The molecule has 0 aliphatic carbocycles. The van der Waals surface area contributed by atoms with Crippen LogP contribution in [0.4, 0.5) is 4.39 Å². The molecule has 0 atom stereocenters. The lowest BCUT2D eigenvalue weighted by Gasteiger charge is -2.33. The summed E-state index contributed by atoms with van der Waals surface area (Å²) in [5.74, 6) is 0.626. The molecule has 2 aromatic heterocycles. The first kappa shape index (κ1) is 22.1. The van der Waals surface area contributed by atoms with Crippen LogP contribution in [0.5, 0.6) is 11.5 Å². The Bertz CT molecular complexity index is 1450. The van der Waals surface area contributed by atoms with Crippen LogP contribution in [0.25, 0.3) is 16.7 Å². The lowest BCUT2D eigenvalue weighted by molar-refractivity contribution is 0.0787. The third-order valence-corrected chi connectivity index (χ3v) is 6.27. The van der Waals surface area contributed by atoms with E-state index in [9.17, 15) is 9.18 Å². The Balaban J connectivity index is 1.56. The highest BCUT2D eigenvalue weighted by Crippen LogP contribution is 2.45. The number of halogens is 1. The number of aryl methyl sites for hydroxylation is 2. The molecule has 7 nitrogen and oxygen atoms in total. The van der Waals surface area contributed by atoms with Crippen molar-refractivity contribution in [2.75, 3.05) is 0 Å². The number of fused-ring (bicyclic) bond motifs is 2. The zero-order valence-electron chi connectivity index (χ0n) is 19.6. The summed E-state index contributed by atoms with van der Waals surface area (Å²) in [7, 11) is 0. The maximum Gasteiger partial charge on any atom is 0.339 e. The van der Waals surface area contributed by atoms with Gasteiger partial charge in [-0.3, -0.25) is 0 Å². The minimum Gasteiger partial charge on any atom is -0.484 e. The van der Waals surface area contributed by atoms with Crippen molar-refractivity contribution in [2.24, 2.45) is 0 Å². The molecule has 1 aliphatic rings. The monoisotopic (exact) mass is 463 g/mol. The molecule has 5 rings (SSSR count). The molecule has 0 radical (unpaired) electrons. The van der Waals surface area contributed by atoms with Gasteiger partial charge in [0, 0.05) is 10.9 Å². The predicted molar refractivity (Wildman–Crippen MR) is 125 cm³/mol. The third kappa shape index (κ3) is 3.93. The molecule has 1 aliphatic heterocycles. The lowest BCUT2D eigenvalue weighted by Crippen LogP contribution is -2.33. The van der Waals surface area contributed by atoms with Gasteiger partial charge in [-0.15, -0.1) is 5.10 Å². The smallest absolute Gasteiger partial charge is 0.339 e.